The Labute approximate surface area is 141 Å². The molecule has 106 valence electrons. The van der Waals surface area contributed by atoms with E-state index in [2.05, 4.69) is 27.7 Å². The molecule has 2 N–H and O–H groups in total. The van der Waals surface area contributed by atoms with Crippen molar-refractivity contribution < 1.29 is 0 Å². The molecule has 0 unspecified atom stereocenters. The summed E-state index contributed by atoms with van der Waals surface area (Å²) in [6.45, 7) is 1.98. The number of para-hydroxylation sites is 1. The average molecular weight is 410 g/mol. The van der Waals surface area contributed by atoms with Crippen LogP contribution >= 0.6 is 34.2 Å². The van der Waals surface area contributed by atoms with E-state index in [-0.39, 0.29) is 0 Å². The van der Waals surface area contributed by atoms with E-state index in [1.54, 1.807) is 4.68 Å². The molecular weight excluding hydrogens is 397 g/mol. The highest BCUT2D eigenvalue weighted by atomic mass is 127. The zero-order valence-electron chi connectivity index (χ0n) is 11.3. The molecule has 3 nitrogen and oxygen atoms in total. The van der Waals surface area contributed by atoms with Crippen molar-refractivity contribution in [3.05, 3.63) is 62.7 Å². The summed E-state index contributed by atoms with van der Waals surface area (Å²) in [7, 11) is 0. The molecule has 0 atom stereocenters. The van der Waals surface area contributed by atoms with Crippen molar-refractivity contribution in [1.82, 2.24) is 9.78 Å². The predicted molar refractivity (Wildman–Crippen MR) is 95.9 cm³/mol. The molecule has 21 heavy (non-hydrogen) atoms. The van der Waals surface area contributed by atoms with Gasteiger partial charge in [-0.3, -0.25) is 0 Å². The van der Waals surface area contributed by atoms with Crippen molar-refractivity contribution in [3.63, 3.8) is 0 Å². The quantitative estimate of drug-likeness (QED) is 0.624. The maximum Gasteiger partial charge on any atom is 0.130 e. The number of hydrogen-bond donors (Lipinski definition) is 1. The Balaban J connectivity index is 2.20. The van der Waals surface area contributed by atoms with E-state index in [4.69, 9.17) is 17.3 Å². The third kappa shape index (κ3) is 2.65. The van der Waals surface area contributed by atoms with Gasteiger partial charge in [0, 0.05) is 19.7 Å². The Bertz CT molecular complexity index is 797. The van der Waals surface area contributed by atoms with Crippen molar-refractivity contribution >= 4 is 40.0 Å². The fourth-order valence-electron chi connectivity index (χ4n) is 2.21. The van der Waals surface area contributed by atoms with E-state index in [1.165, 1.54) is 0 Å². The van der Waals surface area contributed by atoms with Crippen LogP contribution in [0.2, 0.25) is 5.02 Å². The number of nitrogens with two attached hydrogens (primary N) is 1. The van der Waals surface area contributed by atoms with E-state index in [0.29, 0.717) is 10.8 Å². The fourth-order valence-corrected chi connectivity index (χ4v) is 2.97. The number of aromatic nitrogens is 2. The van der Waals surface area contributed by atoms with Gasteiger partial charge in [-0.05, 0) is 59.8 Å². The van der Waals surface area contributed by atoms with Gasteiger partial charge in [0.15, 0.2) is 0 Å². The summed E-state index contributed by atoms with van der Waals surface area (Å²) < 4.78 is 2.86. The molecule has 1 aromatic heterocycles. The Morgan fingerprint density at radius 1 is 1.14 bits per heavy atom. The van der Waals surface area contributed by atoms with Gasteiger partial charge < -0.3 is 5.73 Å². The highest BCUT2D eigenvalue weighted by Crippen LogP contribution is 2.33. The van der Waals surface area contributed by atoms with Gasteiger partial charge in [-0.1, -0.05) is 29.8 Å². The second-order valence-corrected chi connectivity index (χ2v) is 6.33. The number of nitrogens with zero attached hydrogens (tertiary/aromatic N) is 2. The van der Waals surface area contributed by atoms with Crippen LogP contribution in [0, 0.1) is 10.5 Å². The Hall–Kier alpha value is -1.53. The summed E-state index contributed by atoms with van der Waals surface area (Å²) in [5.74, 6) is 0.645. The first-order chi connectivity index (χ1) is 10.1. The molecule has 0 aliphatic rings. The number of hydrogen-bond acceptors (Lipinski definition) is 2. The molecular formula is C16H13ClIN3. The van der Waals surface area contributed by atoms with E-state index < -0.39 is 0 Å². The lowest BCUT2D eigenvalue weighted by Gasteiger charge is -2.03. The smallest absolute Gasteiger partial charge is 0.130 e. The highest BCUT2D eigenvalue weighted by molar-refractivity contribution is 14.1. The fraction of sp³-hybridized carbons (Fsp3) is 0.0625. The zero-order valence-corrected chi connectivity index (χ0v) is 14.3. The SMILES string of the molecule is Cc1c(-c2cc(Cl)ccc2I)nn(-c2ccccc2)c1N. The third-order valence-electron chi connectivity index (χ3n) is 3.35. The van der Waals surface area contributed by atoms with Crippen molar-refractivity contribution in [2.75, 3.05) is 5.73 Å². The number of anilines is 1. The monoisotopic (exact) mass is 409 g/mol. The van der Waals surface area contributed by atoms with E-state index in [1.807, 2.05) is 55.5 Å². The molecule has 0 radical (unpaired) electrons. The van der Waals surface area contributed by atoms with E-state index in [0.717, 1.165) is 26.1 Å². The number of nitrogen functional groups attached to an aromatic ring is 1. The van der Waals surface area contributed by atoms with Crippen LogP contribution in [0.25, 0.3) is 16.9 Å². The molecule has 0 saturated heterocycles. The minimum atomic E-state index is 0.645. The molecule has 0 aliphatic heterocycles. The van der Waals surface area contributed by atoms with Gasteiger partial charge in [-0.25, -0.2) is 4.68 Å². The molecule has 0 fully saturated rings. The maximum atomic E-state index is 6.23. The minimum absolute atomic E-state index is 0.645. The molecule has 0 bridgehead atoms. The van der Waals surface area contributed by atoms with Gasteiger partial charge in [-0.2, -0.15) is 5.10 Å². The summed E-state index contributed by atoms with van der Waals surface area (Å²) in [6, 6.07) is 15.6. The predicted octanol–water partition coefficient (Wildman–Crippen LogP) is 4.69. The maximum absolute atomic E-state index is 6.23. The lowest BCUT2D eigenvalue weighted by molar-refractivity contribution is 0.895. The Kier molecular flexibility index (Phi) is 3.91. The van der Waals surface area contributed by atoms with Crippen LogP contribution in [0.1, 0.15) is 5.56 Å². The van der Waals surface area contributed by atoms with E-state index in [9.17, 15) is 0 Å². The minimum Gasteiger partial charge on any atom is -0.383 e. The average Bonchev–Trinajstić information content (AvgIpc) is 2.79. The Morgan fingerprint density at radius 2 is 1.86 bits per heavy atom. The molecule has 3 aromatic rings. The molecule has 0 amide bonds. The first kappa shape index (κ1) is 14.4. The highest BCUT2D eigenvalue weighted by Gasteiger charge is 2.16. The molecule has 0 spiro atoms. The summed E-state index contributed by atoms with van der Waals surface area (Å²) >= 11 is 8.40. The van der Waals surface area contributed by atoms with Gasteiger partial charge in [0.05, 0.1) is 11.4 Å². The zero-order chi connectivity index (χ0) is 15.0. The lowest BCUT2D eigenvalue weighted by atomic mass is 10.1. The van der Waals surface area contributed by atoms with Crippen LogP contribution in [0.3, 0.4) is 0 Å². The summed E-state index contributed by atoms with van der Waals surface area (Å²) in [5.41, 5.74) is 10.00. The first-order valence-corrected chi connectivity index (χ1v) is 7.89. The molecule has 5 heteroatoms. The molecule has 0 aliphatic carbocycles. The summed E-state index contributed by atoms with van der Waals surface area (Å²) in [4.78, 5) is 0. The van der Waals surface area contributed by atoms with Crippen molar-refractivity contribution in [2.24, 2.45) is 0 Å². The summed E-state index contributed by atoms with van der Waals surface area (Å²) in [5, 5.41) is 5.37. The lowest BCUT2D eigenvalue weighted by Crippen LogP contribution is -2.01. The summed E-state index contributed by atoms with van der Waals surface area (Å²) in [6.07, 6.45) is 0. The first-order valence-electron chi connectivity index (χ1n) is 6.44. The van der Waals surface area contributed by atoms with Crippen LogP contribution in [-0.4, -0.2) is 9.78 Å². The molecule has 2 aromatic carbocycles. The van der Waals surface area contributed by atoms with Crippen LogP contribution < -0.4 is 5.73 Å². The largest absolute Gasteiger partial charge is 0.383 e. The molecule has 1 heterocycles. The second kappa shape index (κ2) is 5.69. The Morgan fingerprint density at radius 3 is 2.57 bits per heavy atom. The normalized spacial score (nSPS) is 10.8. The van der Waals surface area contributed by atoms with Crippen LogP contribution in [0.5, 0.6) is 0 Å². The van der Waals surface area contributed by atoms with Gasteiger partial charge in [0.25, 0.3) is 0 Å². The standard InChI is InChI=1S/C16H13ClIN3/c1-10-15(13-9-11(17)7-8-14(13)18)20-21(16(10)19)12-5-3-2-4-6-12/h2-9H,19H2,1H3. The van der Waals surface area contributed by atoms with Gasteiger partial charge in [0.1, 0.15) is 5.82 Å². The van der Waals surface area contributed by atoms with Crippen LogP contribution in [0.15, 0.2) is 48.5 Å². The van der Waals surface area contributed by atoms with Gasteiger partial charge in [0.2, 0.25) is 0 Å². The number of halogens is 2. The number of benzene rings is 2. The molecule has 0 saturated carbocycles. The van der Waals surface area contributed by atoms with Crippen LogP contribution in [0.4, 0.5) is 5.82 Å². The van der Waals surface area contributed by atoms with Gasteiger partial charge >= 0.3 is 0 Å². The second-order valence-electron chi connectivity index (χ2n) is 4.73. The third-order valence-corrected chi connectivity index (χ3v) is 4.53. The van der Waals surface area contributed by atoms with Crippen molar-refractivity contribution in [1.29, 1.82) is 0 Å². The van der Waals surface area contributed by atoms with E-state index >= 15 is 0 Å². The number of rotatable bonds is 2. The van der Waals surface area contributed by atoms with Crippen molar-refractivity contribution in [3.8, 4) is 16.9 Å². The van der Waals surface area contributed by atoms with Crippen LogP contribution in [-0.2, 0) is 0 Å². The van der Waals surface area contributed by atoms with Gasteiger partial charge in [-0.15, -0.1) is 0 Å². The molecule has 3 rings (SSSR count). The topological polar surface area (TPSA) is 43.8 Å². The van der Waals surface area contributed by atoms with Crippen molar-refractivity contribution in [2.45, 2.75) is 6.92 Å².